The van der Waals surface area contributed by atoms with Gasteiger partial charge >= 0.3 is 5.97 Å². The van der Waals surface area contributed by atoms with Crippen molar-refractivity contribution in [3.05, 3.63) is 0 Å². The van der Waals surface area contributed by atoms with Gasteiger partial charge in [0.15, 0.2) is 5.71 Å². The molecule has 0 bridgehead atoms. The van der Waals surface area contributed by atoms with Crippen LogP contribution in [0.15, 0.2) is 5.16 Å². The number of carbonyl (C=O) groups is 1. The Labute approximate surface area is 86.1 Å². The SMILES string of the molecule is COC(=O)/C(CCCCCBr)=N/O. The summed E-state index contributed by atoms with van der Waals surface area (Å²) in [7, 11) is 1.27. The Kier molecular flexibility index (Phi) is 7.68. The van der Waals surface area contributed by atoms with Gasteiger partial charge in [0.25, 0.3) is 0 Å². The van der Waals surface area contributed by atoms with E-state index >= 15 is 0 Å². The minimum Gasteiger partial charge on any atom is -0.464 e. The summed E-state index contributed by atoms with van der Waals surface area (Å²) in [4.78, 5) is 10.9. The highest BCUT2D eigenvalue weighted by Gasteiger charge is 2.11. The van der Waals surface area contributed by atoms with Gasteiger partial charge in [0, 0.05) is 11.8 Å². The molecular formula is C8H14BrNO3. The van der Waals surface area contributed by atoms with Gasteiger partial charge in [0.1, 0.15) is 0 Å². The number of esters is 1. The van der Waals surface area contributed by atoms with Gasteiger partial charge < -0.3 is 9.94 Å². The number of oxime groups is 1. The van der Waals surface area contributed by atoms with Gasteiger partial charge in [-0.05, 0) is 12.8 Å². The van der Waals surface area contributed by atoms with Crippen molar-refractivity contribution >= 4 is 27.6 Å². The Morgan fingerprint density at radius 1 is 1.46 bits per heavy atom. The molecule has 0 heterocycles. The predicted octanol–water partition coefficient (Wildman–Crippen LogP) is 1.94. The molecule has 0 fully saturated rings. The van der Waals surface area contributed by atoms with Crippen LogP contribution in [0.1, 0.15) is 25.7 Å². The van der Waals surface area contributed by atoms with E-state index in [0.717, 1.165) is 24.6 Å². The zero-order chi connectivity index (χ0) is 10.1. The van der Waals surface area contributed by atoms with Crippen LogP contribution in [-0.2, 0) is 9.53 Å². The second-order valence-corrected chi connectivity index (χ2v) is 3.33. The number of rotatable bonds is 6. The third-order valence-corrected chi connectivity index (χ3v) is 2.15. The predicted molar refractivity (Wildman–Crippen MR) is 53.5 cm³/mol. The van der Waals surface area contributed by atoms with Crippen LogP contribution in [0, 0.1) is 0 Å². The van der Waals surface area contributed by atoms with E-state index in [1.807, 2.05) is 0 Å². The molecule has 76 valence electrons. The molecule has 13 heavy (non-hydrogen) atoms. The van der Waals surface area contributed by atoms with Crippen molar-refractivity contribution < 1.29 is 14.7 Å². The average Bonchev–Trinajstić information content (AvgIpc) is 2.17. The lowest BCUT2D eigenvalue weighted by Gasteiger charge is -2.01. The summed E-state index contributed by atoms with van der Waals surface area (Å²) in [5.74, 6) is -0.554. The molecule has 1 N–H and O–H groups in total. The van der Waals surface area contributed by atoms with E-state index in [9.17, 15) is 4.79 Å². The molecule has 0 aliphatic heterocycles. The fraction of sp³-hybridized carbons (Fsp3) is 0.750. The van der Waals surface area contributed by atoms with Crippen molar-refractivity contribution in [1.29, 1.82) is 0 Å². The molecule has 0 aromatic carbocycles. The molecule has 0 saturated carbocycles. The Morgan fingerprint density at radius 2 is 2.15 bits per heavy atom. The normalized spacial score (nSPS) is 11.4. The standard InChI is InChI=1S/C8H14BrNO3/c1-13-8(11)7(10-12)5-3-2-4-6-9/h12H,2-6H2,1H3/b10-7+. The third-order valence-electron chi connectivity index (χ3n) is 1.59. The first-order valence-corrected chi connectivity index (χ1v) is 5.23. The van der Waals surface area contributed by atoms with E-state index in [-0.39, 0.29) is 5.71 Å². The number of alkyl halides is 1. The van der Waals surface area contributed by atoms with E-state index in [4.69, 9.17) is 5.21 Å². The van der Waals surface area contributed by atoms with E-state index < -0.39 is 5.97 Å². The van der Waals surface area contributed by atoms with Crippen molar-refractivity contribution in [3.63, 3.8) is 0 Å². The second kappa shape index (κ2) is 8.04. The molecule has 0 radical (unpaired) electrons. The summed E-state index contributed by atoms with van der Waals surface area (Å²) in [6, 6.07) is 0. The number of hydrogen-bond donors (Lipinski definition) is 1. The molecular weight excluding hydrogens is 238 g/mol. The van der Waals surface area contributed by atoms with Gasteiger partial charge in [-0.25, -0.2) is 4.79 Å². The molecule has 0 atom stereocenters. The molecule has 0 aliphatic rings. The van der Waals surface area contributed by atoms with Crippen molar-refractivity contribution in [2.24, 2.45) is 5.16 Å². The van der Waals surface area contributed by atoms with E-state index in [1.165, 1.54) is 7.11 Å². The molecule has 0 saturated heterocycles. The van der Waals surface area contributed by atoms with Crippen molar-refractivity contribution in [2.75, 3.05) is 12.4 Å². The largest absolute Gasteiger partial charge is 0.464 e. The summed E-state index contributed by atoms with van der Waals surface area (Å²) in [5, 5.41) is 12.3. The highest BCUT2D eigenvalue weighted by Crippen LogP contribution is 2.04. The number of methoxy groups -OCH3 is 1. The minimum atomic E-state index is -0.554. The van der Waals surface area contributed by atoms with Gasteiger partial charge in [-0.3, -0.25) is 0 Å². The number of ether oxygens (including phenoxy) is 1. The fourth-order valence-electron chi connectivity index (χ4n) is 0.874. The maximum absolute atomic E-state index is 10.9. The van der Waals surface area contributed by atoms with Crippen molar-refractivity contribution in [1.82, 2.24) is 0 Å². The van der Waals surface area contributed by atoms with Gasteiger partial charge in [-0.1, -0.05) is 27.5 Å². The average molecular weight is 252 g/mol. The van der Waals surface area contributed by atoms with Crippen LogP contribution < -0.4 is 0 Å². The van der Waals surface area contributed by atoms with Crippen LogP contribution >= 0.6 is 15.9 Å². The van der Waals surface area contributed by atoms with E-state index in [2.05, 4.69) is 25.8 Å². The van der Waals surface area contributed by atoms with Gasteiger partial charge in [-0.15, -0.1) is 0 Å². The summed E-state index contributed by atoms with van der Waals surface area (Å²) in [5.41, 5.74) is 0.0945. The molecule has 0 spiro atoms. The number of nitrogens with zero attached hydrogens (tertiary/aromatic N) is 1. The van der Waals surface area contributed by atoms with Crippen LogP contribution in [-0.4, -0.2) is 29.3 Å². The number of halogens is 1. The van der Waals surface area contributed by atoms with Crippen molar-refractivity contribution in [2.45, 2.75) is 25.7 Å². The molecule has 0 amide bonds. The molecule has 0 aliphatic carbocycles. The summed E-state index contributed by atoms with van der Waals surface area (Å²) in [6.07, 6.45) is 3.36. The first-order chi connectivity index (χ1) is 6.26. The molecule has 4 nitrogen and oxygen atoms in total. The number of unbranched alkanes of at least 4 members (excludes halogenated alkanes) is 2. The molecule has 0 unspecified atom stereocenters. The first-order valence-electron chi connectivity index (χ1n) is 4.11. The fourth-order valence-corrected chi connectivity index (χ4v) is 1.27. The van der Waals surface area contributed by atoms with Gasteiger partial charge in [-0.2, -0.15) is 0 Å². The summed E-state index contributed by atoms with van der Waals surface area (Å²) < 4.78 is 4.42. The highest BCUT2D eigenvalue weighted by atomic mass is 79.9. The third kappa shape index (κ3) is 5.63. The molecule has 0 rings (SSSR count). The lowest BCUT2D eigenvalue weighted by Crippen LogP contribution is -2.15. The van der Waals surface area contributed by atoms with Gasteiger partial charge in [0.05, 0.1) is 7.11 Å². The summed E-state index contributed by atoms with van der Waals surface area (Å²) >= 11 is 3.31. The smallest absolute Gasteiger partial charge is 0.355 e. The van der Waals surface area contributed by atoms with Crippen LogP contribution in [0.25, 0.3) is 0 Å². The Bertz CT molecular complexity index is 182. The Balaban J connectivity index is 3.68. The lowest BCUT2D eigenvalue weighted by atomic mass is 10.1. The molecule has 0 aromatic rings. The number of hydrogen-bond acceptors (Lipinski definition) is 4. The van der Waals surface area contributed by atoms with Gasteiger partial charge in [0.2, 0.25) is 0 Å². The Hall–Kier alpha value is -0.580. The summed E-state index contributed by atoms with van der Waals surface area (Å²) in [6.45, 7) is 0. The first kappa shape index (κ1) is 12.4. The van der Waals surface area contributed by atoms with E-state index in [1.54, 1.807) is 0 Å². The van der Waals surface area contributed by atoms with Crippen molar-refractivity contribution in [3.8, 4) is 0 Å². The maximum Gasteiger partial charge on any atom is 0.355 e. The zero-order valence-electron chi connectivity index (χ0n) is 7.62. The molecule has 0 aromatic heterocycles. The topological polar surface area (TPSA) is 58.9 Å². The second-order valence-electron chi connectivity index (χ2n) is 2.54. The maximum atomic E-state index is 10.9. The quantitative estimate of drug-likeness (QED) is 0.196. The van der Waals surface area contributed by atoms with Crippen LogP contribution in [0.5, 0.6) is 0 Å². The van der Waals surface area contributed by atoms with Crippen LogP contribution in [0.2, 0.25) is 0 Å². The molecule has 5 heteroatoms. The Morgan fingerprint density at radius 3 is 2.62 bits per heavy atom. The monoisotopic (exact) mass is 251 g/mol. The lowest BCUT2D eigenvalue weighted by molar-refractivity contribution is -0.133. The van der Waals surface area contributed by atoms with E-state index in [0.29, 0.717) is 6.42 Å². The minimum absolute atomic E-state index is 0.0945. The zero-order valence-corrected chi connectivity index (χ0v) is 9.21. The number of carbonyl (C=O) groups excluding carboxylic acids is 1. The van der Waals surface area contributed by atoms with Crippen LogP contribution in [0.3, 0.4) is 0 Å². The highest BCUT2D eigenvalue weighted by molar-refractivity contribution is 9.09. The van der Waals surface area contributed by atoms with Crippen LogP contribution in [0.4, 0.5) is 0 Å².